The second-order valence-corrected chi connectivity index (χ2v) is 7.50. The largest absolute Gasteiger partial charge is 0.381 e. The first-order chi connectivity index (χ1) is 10.1. The van der Waals surface area contributed by atoms with E-state index >= 15 is 0 Å². The molecule has 4 N–H and O–H groups in total. The Hall–Kier alpha value is -1.11. The summed E-state index contributed by atoms with van der Waals surface area (Å²) in [5, 5.41) is 3.45. The number of nitrogens with two attached hydrogens (primary N) is 1. The van der Waals surface area contributed by atoms with E-state index in [0.717, 1.165) is 5.69 Å². The zero-order valence-electron chi connectivity index (χ0n) is 12.5. The summed E-state index contributed by atoms with van der Waals surface area (Å²) in [5.74, 6) is 0.615. The van der Waals surface area contributed by atoms with Crippen LogP contribution in [0.2, 0.25) is 0 Å². The van der Waals surface area contributed by atoms with Gasteiger partial charge < -0.3 is 11.1 Å². The van der Waals surface area contributed by atoms with Gasteiger partial charge in [-0.25, -0.2) is 13.1 Å². The first kappa shape index (κ1) is 16.3. The summed E-state index contributed by atoms with van der Waals surface area (Å²) >= 11 is 0. The van der Waals surface area contributed by atoms with E-state index in [4.69, 9.17) is 5.73 Å². The molecule has 6 heteroatoms. The van der Waals surface area contributed by atoms with Gasteiger partial charge in [0.15, 0.2) is 0 Å². The molecule has 0 saturated heterocycles. The summed E-state index contributed by atoms with van der Waals surface area (Å²) in [6, 6.07) is 7.09. The maximum Gasteiger partial charge on any atom is 0.240 e. The van der Waals surface area contributed by atoms with Crippen LogP contribution in [0.5, 0.6) is 0 Å². The topological polar surface area (TPSA) is 84.2 Å². The average molecular weight is 311 g/mol. The number of sulfonamides is 1. The maximum atomic E-state index is 11.7. The van der Waals surface area contributed by atoms with E-state index in [9.17, 15) is 8.42 Å². The Kier molecular flexibility index (Phi) is 5.61. The monoisotopic (exact) mass is 311 g/mol. The Morgan fingerprint density at radius 3 is 2.33 bits per heavy atom. The van der Waals surface area contributed by atoms with Gasteiger partial charge >= 0.3 is 0 Å². The van der Waals surface area contributed by atoms with Crippen LogP contribution in [-0.2, 0) is 10.0 Å². The van der Waals surface area contributed by atoms with Crippen LogP contribution in [0.4, 0.5) is 5.69 Å². The normalized spacial score (nSPS) is 18.4. The Morgan fingerprint density at radius 1 is 1.19 bits per heavy atom. The summed E-state index contributed by atoms with van der Waals surface area (Å²) in [5.41, 5.74) is 6.83. The van der Waals surface area contributed by atoms with E-state index in [0.29, 0.717) is 12.5 Å². The summed E-state index contributed by atoms with van der Waals surface area (Å²) in [4.78, 5) is 0.275. The molecule has 1 unspecified atom stereocenters. The van der Waals surface area contributed by atoms with Crippen LogP contribution in [-0.4, -0.2) is 28.1 Å². The molecule has 0 amide bonds. The van der Waals surface area contributed by atoms with Crippen LogP contribution in [0.3, 0.4) is 0 Å². The predicted octanol–water partition coefficient (Wildman–Crippen LogP) is 1.91. The fraction of sp³-hybridized carbons (Fsp3) is 0.600. The first-order valence-corrected chi connectivity index (χ1v) is 9.05. The molecule has 0 spiro atoms. The molecular formula is C15H25N3O2S. The third-order valence-electron chi connectivity index (χ3n) is 4.26. The number of rotatable bonds is 6. The highest BCUT2D eigenvalue weighted by molar-refractivity contribution is 7.89. The highest BCUT2D eigenvalue weighted by atomic mass is 32.2. The second kappa shape index (κ2) is 7.24. The van der Waals surface area contributed by atoms with E-state index in [2.05, 4.69) is 10.0 Å². The number of benzene rings is 1. The lowest BCUT2D eigenvalue weighted by molar-refractivity contribution is 0.320. The Labute approximate surface area is 127 Å². The fourth-order valence-corrected chi connectivity index (χ4v) is 3.70. The lowest BCUT2D eigenvalue weighted by Gasteiger charge is -2.30. The molecule has 1 aliphatic carbocycles. The Bertz CT molecular complexity index is 537. The highest BCUT2D eigenvalue weighted by Gasteiger charge is 2.22. The van der Waals surface area contributed by atoms with Crippen LogP contribution in [0, 0.1) is 5.92 Å². The van der Waals surface area contributed by atoms with Crippen molar-refractivity contribution in [3.05, 3.63) is 24.3 Å². The zero-order chi connectivity index (χ0) is 15.3. The molecule has 1 aromatic carbocycles. The molecule has 0 radical (unpaired) electrons. The van der Waals surface area contributed by atoms with Gasteiger partial charge in [0, 0.05) is 18.3 Å². The summed E-state index contributed by atoms with van der Waals surface area (Å²) < 4.78 is 25.7. The van der Waals surface area contributed by atoms with E-state index < -0.39 is 10.0 Å². The smallest absolute Gasteiger partial charge is 0.240 e. The average Bonchev–Trinajstić information content (AvgIpc) is 2.54. The van der Waals surface area contributed by atoms with E-state index in [-0.39, 0.29) is 10.9 Å². The van der Waals surface area contributed by atoms with Gasteiger partial charge in [0.05, 0.1) is 4.90 Å². The molecule has 2 rings (SSSR count). The Morgan fingerprint density at radius 2 is 1.81 bits per heavy atom. The molecular weight excluding hydrogens is 286 g/mol. The van der Waals surface area contributed by atoms with Gasteiger partial charge in [-0.1, -0.05) is 19.3 Å². The van der Waals surface area contributed by atoms with Gasteiger partial charge in [-0.15, -0.1) is 0 Å². The van der Waals surface area contributed by atoms with Crippen molar-refractivity contribution in [3.8, 4) is 0 Å². The molecule has 0 aliphatic heterocycles. The zero-order valence-corrected chi connectivity index (χ0v) is 13.3. The standard InChI is InChI=1S/C15H25N3O2S/c1-17-21(19,20)14-9-7-13(8-10-14)18-15(11-16)12-5-3-2-4-6-12/h7-10,12,15,17-18H,2-6,11,16H2,1H3. The van der Waals surface area contributed by atoms with Crippen molar-refractivity contribution in [2.75, 3.05) is 18.9 Å². The van der Waals surface area contributed by atoms with Crippen molar-refractivity contribution in [3.63, 3.8) is 0 Å². The minimum atomic E-state index is -3.37. The van der Waals surface area contributed by atoms with Gasteiger partial charge in [0.25, 0.3) is 0 Å². The van der Waals surface area contributed by atoms with Crippen molar-refractivity contribution in [1.29, 1.82) is 0 Å². The number of nitrogens with one attached hydrogen (secondary N) is 2. The van der Waals surface area contributed by atoms with Crippen LogP contribution < -0.4 is 15.8 Å². The highest BCUT2D eigenvalue weighted by Crippen LogP contribution is 2.28. The van der Waals surface area contributed by atoms with Crippen LogP contribution in [0.15, 0.2) is 29.2 Å². The molecule has 21 heavy (non-hydrogen) atoms. The second-order valence-electron chi connectivity index (χ2n) is 5.62. The van der Waals surface area contributed by atoms with Crippen molar-refractivity contribution in [2.24, 2.45) is 11.7 Å². The number of anilines is 1. The molecule has 0 heterocycles. The van der Waals surface area contributed by atoms with Gasteiger partial charge in [-0.3, -0.25) is 0 Å². The minimum absolute atomic E-state index is 0.261. The van der Waals surface area contributed by atoms with Gasteiger partial charge in [0.2, 0.25) is 10.0 Å². The van der Waals surface area contributed by atoms with Crippen LogP contribution >= 0.6 is 0 Å². The predicted molar refractivity (Wildman–Crippen MR) is 85.7 cm³/mol. The minimum Gasteiger partial charge on any atom is -0.381 e. The van der Waals surface area contributed by atoms with Gasteiger partial charge in [-0.2, -0.15) is 0 Å². The number of hydrogen-bond donors (Lipinski definition) is 3. The molecule has 1 aliphatic rings. The van der Waals surface area contributed by atoms with E-state index in [1.54, 1.807) is 24.3 Å². The molecule has 0 aromatic heterocycles. The molecule has 5 nitrogen and oxygen atoms in total. The Balaban J connectivity index is 2.04. The third-order valence-corrected chi connectivity index (χ3v) is 5.69. The van der Waals surface area contributed by atoms with Crippen LogP contribution in [0.25, 0.3) is 0 Å². The quantitative estimate of drug-likeness (QED) is 0.749. The summed E-state index contributed by atoms with van der Waals surface area (Å²) in [7, 11) is -1.96. The van der Waals surface area contributed by atoms with E-state index in [1.165, 1.54) is 39.2 Å². The molecule has 1 saturated carbocycles. The van der Waals surface area contributed by atoms with Crippen molar-refractivity contribution in [2.45, 2.75) is 43.0 Å². The van der Waals surface area contributed by atoms with Gasteiger partial charge in [0.1, 0.15) is 0 Å². The molecule has 118 valence electrons. The molecule has 1 atom stereocenters. The summed E-state index contributed by atoms with van der Waals surface area (Å²) in [6.45, 7) is 0.598. The van der Waals surface area contributed by atoms with Crippen molar-refractivity contribution < 1.29 is 8.42 Å². The first-order valence-electron chi connectivity index (χ1n) is 7.57. The van der Waals surface area contributed by atoms with Crippen LogP contribution in [0.1, 0.15) is 32.1 Å². The van der Waals surface area contributed by atoms with Gasteiger partial charge in [-0.05, 0) is 50.1 Å². The molecule has 1 fully saturated rings. The lowest BCUT2D eigenvalue weighted by atomic mass is 9.84. The fourth-order valence-electron chi connectivity index (χ4n) is 2.97. The van der Waals surface area contributed by atoms with E-state index in [1.807, 2.05) is 0 Å². The number of hydrogen-bond acceptors (Lipinski definition) is 4. The maximum absolute atomic E-state index is 11.7. The van der Waals surface area contributed by atoms with Crippen molar-refractivity contribution >= 4 is 15.7 Å². The lowest BCUT2D eigenvalue weighted by Crippen LogP contribution is -2.37. The molecule has 1 aromatic rings. The van der Waals surface area contributed by atoms with Crippen molar-refractivity contribution in [1.82, 2.24) is 4.72 Å². The SMILES string of the molecule is CNS(=O)(=O)c1ccc(NC(CN)C2CCCCC2)cc1. The molecule has 0 bridgehead atoms. The third kappa shape index (κ3) is 4.18. The summed E-state index contributed by atoms with van der Waals surface area (Å²) in [6.07, 6.45) is 6.33.